The Bertz CT molecular complexity index is 1200. The van der Waals surface area contributed by atoms with E-state index in [9.17, 15) is 26.4 Å². The minimum atomic E-state index is -4.71. The third-order valence-electron chi connectivity index (χ3n) is 5.15. The first-order valence-electron chi connectivity index (χ1n) is 10.6. The monoisotopic (exact) mass is 510 g/mol. The number of ether oxygens (including phenoxy) is 1. The molecule has 0 aliphatic carbocycles. The van der Waals surface area contributed by atoms with Crippen LogP contribution in [0.25, 0.3) is 0 Å². The van der Waals surface area contributed by atoms with E-state index in [1.54, 1.807) is 12.1 Å². The van der Waals surface area contributed by atoms with Crippen molar-refractivity contribution in [3.05, 3.63) is 89.9 Å². The van der Waals surface area contributed by atoms with Crippen LogP contribution in [0.2, 0.25) is 0 Å². The lowest BCUT2D eigenvalue weighted by molar-refractivity contribution is -0.137. The van der Waals surface area contributed by atoms with Gasteiger partial charge in [0.05, 0.1) is 36.4 Å². The summed E-state index contributed by atoms with van der Waals surface area (Å²) in [5, 5.41) is 0. The van der Waals surface area contributed by atoms with Gasteiger partial charge >= 0.3 is 6.18 Å². The maximum Gasteiger partial charge on any atom is 0.416 e. The number of hydrogen-bond acceptors (Lipinski definition) is 5. The van der Waals surface area contributed by atoms with Crippen molar-refractivity contribution in [2.45, 2.75) is 24.2 Å². The molecule has 3 rings (SSSR count). The summed E-state index contributed by atoms with van der Waals surface area (Å²) in [6.45, 7) is -0.594. The maximum atomic E-state index is 13.3. The number of methoxy groups -OCH3 is 1. The smallest absolute Gasteiger partial charge is 0.416 e. The van der Waals surface area contributed by atoms with Crippen molar-refractivity contribution in [3.8, 4) is 0 Å². The SMILES string of the molecule is COCCN(CC(=O)N(Cc1ccccc1)Cc1ccco1)S(=O)(=O)c1cccc(C(F)(F)F)c1. The zero-order chi connectivity index (χ0) is 25.5. The Hall–Kier alpha value is -3.15. The second kappa shape index (κ2) is 11.5. The number of carbonyl (C=O) groups is 1. The van der Waals surface area contributed by atoms with E-state index in [1.165, 1.54) is 18.3 Å². The van der Waals surface area contributed by atoms with Crippen LogP contribution in [0, 0.1) is 0 Å². The van der Waals surface area contributed by atoms with Crippen LogP contribution < -0.4 is 0 Å². The molecule has 0 fully saturated rings. The molecule has 188 valence electrons. The van der Waals surface area contributed by atoms with Gasteiger partial charge in [-0.3, -0.25) is 4.79 Å². The van der Waals surface area contributed by atoms with E-state index >= 15 is 0 Å². The Morgan fingerprint density at radius 1 is 1.00 bits per heavy atom. The topological polar surface area (TPSA) is 80.1 Å². The summed E-state index contributed by atoms with van der Waals surface area (Å²) in [5.41, 5.74) is -0.281. The van der Waals surface area contributed by atoms with Crippen LogP contribution in [0.5, 0.6) is 0 Å². The highest BCUT2D eigenvalue weighted by molar-refractivity contribution is 7.89. The molecule has 0 saturated heterocycles. The molecule has 35 heavy (non-hydrogen) atoms. The van der Waals surface area contributed by atoms with Gasteiger partial charge in [-0.05, 0) is 35.9 Å². The number of carbonyl (C=O) groups excluding carboxylic acids is 1. The van der Waals surface area contributed by atoms with Crippen LogP contribution in [-0.4, -0.2) is 50.3 Å². The van der Waals surface area contributed by atoms with Crippen LogP contribution >= 0.6 is 0 Å². The molecule has 0 aliphatic rings. The molecule has 7 nitrogen and oxygen atoms in total. The van der Waals surface area contributed by atoms with Crippen LogP contribution in [-0.2, 0) is 38.8 Å². The molecule has 0 atom stereocenters. The van der Waals surface area contributed by atoms with E-state index in [0.29, 0.717) is 11.8 Å². The summed E-state index contributed by atoms with van der Waals surface area (Å²) in [6.07, 6.45) is -3.25. The van der Waals surface area contributed by atoms with Gasteiger partial charge in [0.25, 0.3) is 0 Å². The third-order valence-corrected chi connectivity index (χ3v) is 6.99. The number of furan rings is 1. The van der Waals surface area contributed by atoms with Crippen LogP contribution in [0.15, 0.2) is 82.3 Å². The second-order valence-corrected chi connectivity index (χ2v) is 9.61. The highest BCUT2D eigenvalue weighted by Gasteiger charge is 2.34. The summed E-state index contributed by atoms with van der Waals surface area (Å²) in [5.74, 6) is -0.0460. The Kier molecular flexibility index (Phi) is 8.71. The molecule has 1 aromatic heterocycles. The number of sulfonamides is 1. The predicted molar refractivity (Wildman–Crippen MR) is 121 cm³/mol. The molecule has 11 heteroatoms. The van der Waals surface area contributed by atoms with Gasteiger partial charge in [-0.1, -0.05) is 36.4 Å². The Labute approximate surface area is 201 Å². The van der Waals surface area contributed by atoms with Gasteiger partial charge in [-0.2, -0.15) is 17.5 Å². The van der Waals surface area contributed by atoms with Crippen LogP contribution in [0.4, 0.5) is 13.2 Å². The minimum Gasteiger partial charge on any atom is -0.467 e. The molecule has 0 bridgehead atoms. The summed E-state index contributed by atoms with van der Waals surface area (Å²) in [6, 6.07) is 15.9. The van der Waals surface area contributed by atoms with Crippen molar-refractivity contribution in [2.24, 2.45) is 0 Å². The first kappa shape index (κ1) is 26.5. The first-order valence-corrected chi connectivity index (χ1v) is 12.1. The summed E-state index contributed by atoms with van der Waals surface area (Å²) >= 11 is 0. The van der Waals surface area contributed by atoms with Gasteiger partial charge in [0.2, 0.25) is 15.9 Å². The van der Waals surface area contributed by atoms with Crippen molar-refractivity contribution < 1.29 is 35.5 Å². The van der Waals surface area contributed by atoms with Crippen molar-refractivity contribution in [1.82, 2.24) is 9.21 Å². The van der Waals surface area contributed by atoms with Gasteiger partial charge in [0.1, 0.15) is 5.76 Å². The number of rotatable bonds is 11. The molecule has 1 amide bonds. The zero-order valence-corrected chi connectivity index (χ0v) is 19.8. The lowest BCUT2D eigenvalue weighted by Crippen LogP contribution is -2.43. The van der Waals surface area contributed by atoms with Crippen molar-refractivity contribution in [2.75, 3.05) is 26.8 Å². The van der Waals surface area contributed by atoms with Crippen molar-refractivity contribution in [3.63, 3.8) is 0 Å². The standard InChI is InChI=1S/C24H25F3N2O5S/c1-33-14-12-29(35(31,32)22-11-5-9-20(15-22)24(25,26)27)18-23(30)28(17-21-10-6-13-34-21)16-19-7-3-2-4-8-19/h2-11,13,15H,12,14,16-18H2,1H3. The van der Waals surface area contributed by atoms with E-state index in [2.05, 4.69) is 0 Å². The maximum absolute atomic E-state index is 13.3. The van der Waals surface area contributed by atoms with E-state index in [0.717, 1.165) is 28.1 Å². The predicted octanol–water partition coefficient (Wildman–Crippen LogP) is 4.16. The Balaban J connectivity index is 1.89. The van der Waals surface area contributed by atoms with E-state index in [-0.39, 0.29) is 26.2 Å². The third kappa shape index (κ3) is 7.17. The molecule has 3 aromatic rings. The van der Waals surface area contributed by atoms with E-state index in [4.69, 9.17) is 9.15 Å². The molecule has 0 N–H and O–H groups in total. The average Bonchev–Trinajstić information content (AvgIpc) is 3.34. The summed E-state index contributed by atoms with van der Waals surface area (Å²) in [4.78, 5) is 14.2. The fourth-order valence-electron chi connectivity index (χ4n) is 3.34. The van der Waals surface area contributed by atoms with Gasteiger partial charge < -0.3 is 14.1 Å². The quantitative estimate of drug-likeness (QED) is 0.387. The number of nitrogens with zero attached hydrogens (tertiary/aromatic N) is 2. The Morgan fingerprint density at radius 3 is 2.37 bits per heavy atom. The molecule has 0 radical (unpaired) electrons. The minimum absolute atomic E-state index is 0.0532. The van der Waals surface area contributed by atoms with E-state index in [1.807, 2.05) is 30.3 Å². The molecule has 0 saturated carbocycles. The zero-order valence-electron chi connectivity index (χ0n) is 18.9. The van der Waals surface area contributed by atoms with Gasteiger partial charge in [0, 0.05) is 20.2 Å². The average molecular weight is 511 g/mol. The molecule has 0 spiro atoms. The highest BCUT2D eigenvalue weighted by atomic mass is 32.2. The fourth-order valence-corrected chi connectivity index (χ4v) is 4.76. The lowest BCUT2D eigenvalue weighted by Gasteiger charge is -2.27. The molecular formula is C24H25F3N2O5S. The second-order valence-electron chi connectivity index (χ2n) is 7.67. The lowest BCUT2D eigenvalue weighted by atomic mass is 10.2. The first-order chi connectivity index (χ1) is 16.6. The highest BCUT2D eigenvalue weighted by Crippen LogP contribution is 2.31. The molecule has 1 heterocycles. The van der Waals surface area contributed by atoms with Crippen LogP contribution in [0.3, 0.4) is 0 Å². The van der Waals surface area contributed by atoms with Crippen molar-refractivity contribution >= 4 is 15.9 Å². The number of hydrogen-bond donors (Lipinski definition) is 0. The molecule has 2 aromatic carbocycles. The molecule has 0 unspecified atom stereocenters. The summed E-state index contributed by atoms with van der Waals surface area (Å²) < 4.78 is 77.2. The van der Waals surface area contributed by atoms with E-state index < -0.39 is 39.1 Å². The van der Waals surface area contributed by atoms with Gasteiger partial charge in [-0.25, -0.2) is 8.42 Å². The largest absolute Gasteiger partial charge is 0.467 e. The normalized spacial score (nSPS) is 12.1. The number of amides is 1. The number of halogens is 3. The van der Waals surface area contributed by atoms with Gasteiger partial charge in [-0.15, -0.1) is 0 Å². The fraction of sp³-hybridized carbons (Fsp3) is 0.292. The molecule has 0 aliphatic heterocycles. The van der Waals surface area contributed by atoms with Gasteiger partial charge in [0.15, 0.2) is 0 Å². The number of benzene rings is 2. The van der Waals surface area contributed by atoms with Crippen molar-refractivity contribution in [1.29, 1.82) is 0 Å². The Morgan fingerprint density at radius 2 is 1.74 bits per heavy atom. The molecular weight excluding hydrogens is 485 g/mol. The summed E-state index contributed by atoms with van der Waals surface area (Å²) in [7, 11) is -3.08. The number of alkyl halides is 3. The van der Waals surface area contributed by atoms with Crippen LogP contribution in [0.1, 0.15) is 16.9 Å².